The molecule has 1 aliphatic heterocycles. The van der Waals surface area contributed by atoms with Crippen molar-refractivity contribution in [2.45, 2.75) is 12.8 Å². The molecule has 0 bridgehead atoms. The normalized spacial score (nSPS) is 20.7. The standard InChI is InChI=1S/C14H19BrN2O/c1-17-8-2-3-11(10-17)9-16-14(18)12-4-6-13(15)7-5-12/h4-7,11H,2-3,8-10H2,1H3,(H,16,18). The summed E-state index contributed by atoms with van der Waals surface area (Å²) >= 11 is 3.37. The third kappa shape index (κ3) is 3.82. The van der Waals surface area contributed by atoms with Crippen molar-refractivity contribution in [1.29, 1.82) is 0 Å². The van der Waals surface area contributed by atoms with Gasteiger partial charge in [0.1, 0.15) is 0 Å². The van der Waals surface area contributed by atoms with Gasteiger partial charge in [0.05, 0.1) is 0 Å². The van der Waals surface area contributed by atoms with Gasteiger partial charge < -0.3 is 10.2 Å². The second-order valence-corrected chi connectivity index (χ2v) is 5.90. The van der Waals surface area contributed by atoms with E-state index in [4.69, 9.17) is 0 Å². The Bertz CT molecular complexity index is 405. The molecule has 3 nitrogen and oxygen atoms in total. The largest absolute Gasteiger partial charge is 0.352 e. The highest BCUT2D eigenvalue weighted by Crippen LogP contribution is 2.14. The van der Waals surface area contributed by atoms with E-state index in [-0.39, 0.29) is 5.91 Å². The van der Waals surface area contributed by atoms with E-state index in [9.17, 15) is 4.79 Å². The molecule has 1 aliphatic rings. The average Bonchev–Trinajstić information content (AvgIpc) is 2.37. The van der Waals surface area contributed by atoms with Crippen molar-refractivity contribution >= 4 is 21.8 Å². The third-order valence-corrected chi connectivity index (χ3v) is 3.91. The van der Waals surface area contributed by atoms with E-state index >= 15 is 0 Å². The minimum absolute atomic E-state index is 0.0238. The van der Waals surface area contributed by atoms with Crippen LogP contribution in [0.2, 0.25) is 0 Å². The molecule has 4 heteroatoms. The van der Waals surface area contributed by atoms with E-state index in [0.29, 0.717) is 5.92 Å². The number of carbonyl (C=O) groups excluding carboxylic acids is 1. The number of nitrogens with zero attached hydrogens (tertiary/aromatic N) is 1. The van der Waals surface area contributed by atoms with Crippen LogP contribution in [0, 0.1) is 5.92 Å². The van der Waals surface area contributed by atoms with Crippen LogP contribution < -0.4 is 5.32 Å². The minimum atomic E-state index is 0.0238. The quantitative estimate of drug-likeness (QED) is 0.930. The number of benzene rings is 1. The molecular formula is C14H19BrN2O. The first-order valence-electron chi connectivity index (χ1n) is 6.37. The number of hydrogen-bond acceptors (Lipinski definition) is 2. The second kappa shape index (κ2) is 6.34. The van der Waals surface area contributed by atoms with Crippen molar-refractivity contribution in [3.8, 4) is 0 Å². The first-order chi connectivity index (χ1) is 8.65. The number of rotatable bonds is 3. The fourth-order valence-electron chi connectivity index (χ4n) is 2.38. The number of halogens is 1. The molecule has 1 fully saturated rings. The molecule has 1 heterocycles. The highest BCUT2D eigenvalue weighted by molar-refractivity contribution is 9.10. The maximum absolute atomic E-state index is 11.9. The lowest BCUT2D eigenvalue weighted by molar-refractivity contribution is 0.0937. The van der Waals surface area contributed by atoms with Crippen molar-refractivity contribution in [2.24, 2.45) is 5.92 Å². The molecule has 2 rings (SSSR count). The lowest BCUT2D eigenvalue weighted by Crippen LogP contribution is -2.39. The third-order valence-electron chi connectivity index (χ3n) is 3.38. The Morgan fingerprint density at radius 1 is 1.44 bits per heavy atom. The Balaban J connectivity index is 1.82. The van der Waals surface area contributed by atoms with Gasteiger partial charge in [0.15, 0.2) is 0 Å². The summed E-state index contributed by atoms with van der Waals surface area (Å²) in [5.41, 5.74) is 0.724. The summed E-state index contributed by atoms with van der Waals surface area (Å²) in [5.74, 6) is 0.610. The topological polar surface area (TPSA) is 32.3 Å². The molecule has 1 amide bonds. The molecule has 0 aromatic heterocycles. The molecule has 1 atom stereocenters. The van der Waals surface area contributed by atoms with Crippen LogP contribution in [0.5, 0.6) is 0 Å². The molecule has 1 saturated heterocycles. The summed E-state index contributed by atoms with van der Waals surface area (Å²) in [6.45, 7) is 3.04. The molecular weight excluding hydrogens is 292 g/mol. The molecule has 1 aromatic carbocycles. The summed E-state index contributed by atoms with van der Waals surface area (Å²) in [6, 6.07) is 7.46. The zero-order valence-electron chi connectivity index (χ0n) is 10.7. The number of nitrogens with one attached hydrogen (secondary N) is 1. The fraction of sp³-hybridized carbons (Fsp3) is 0.500. The summed E-state index contributed by atoms with van der Waals surface area (Å²) in [4.78, 5) is 14.3. The summed E-state index contributed by atoms with van der Waals surface area (Å²) in [6.07, 6.45) is 2.44. The maximum atomic E-state index is 11.9. The van der Waals surface area contributed by atoms with Crippen LogP contribution in [-0.2, 0) is 0 Å². The van der Waals surface area contributed by atoms with Crippen LogP contribution in [0.3, 0.4) is 0 Å². The van der Waals surface area contributed by atoms with E-state index in [1.807, 2.05) is 24.3 Å². The Morgan fingerprint density at radius 2 is 2.17 bits per heavy atom. The molecule has 98 valence electrons. The van der Waals surface area contributed by atoms with E-state index in [0.717, 1.165) is 23.1 Å². The summed E-state index contributed by atoms with van der Waals surface area (Å²) in [7, 11) is 2.14. The van der Waals surface area contributed by atoms with E-state index in [1.54, 1.807) is 0 Å². The zero-order chi connectivity index (χ0) is 13.0. The predicted molar refractivity (Wildman–Crippen MR) is 76.7 cm³/mol. The van der Waals surface area contributed by atoms with Crippen molar-refractivity contribution in [2.75, 3.05) is 26.7 Å². The average molecular weight is 311 g/mol. The molecule has 0 radical (unpaired) electrons. The van der Waals surface area contributed by atoms with Gasteiger partial charge in [0.2, 0.25) is 0 Å². The Hall–Kier alpha value is -0.870. The van der Waals surface area contributed by atoms with Crippen LogP contribution in [0.4, 0.5) is 0 Å². The van der Waals surface area contributed by atoms with Crippen LogP contribution in [0.25, 0.3) is 0 Å². The number of carbonyl (C=O) groups is 1. The van der Waals surface area contributed by atoms with Gasteiger partial charge in [-0.2, -0.15) is 0 Å². The number of amides is 1. The molecule has 1 aromatic rings. The monoisotopic (exact) mass is 310 g/mol. The lowest BCUT2D eigenvalue weighted by atomic mass is 9.98. The van der Waals surface area contributed by atoms with Gasteiger partial charge in [-0.15, -0.1) is 0 Å². The lowest BCUT2D eigenvalue weighted by Gasteiger charge is -2.29. The SMILES string of the molecule is CN1CCCC(CNC(=O)c2ccc(Br)cc2)C1. The van der Waals surface area contributed by atoms with E-state index < -0.39 is 0 Å². The Morgan fingerprint density at radius 3 is 2.83 bits per heavy atom. The molecule has 1 unspecified atom stereocenters. The van der Waals surface area contributed by atoms with E-state index in [1.165, 1.54) is 19.4 Å². The van der Waals surface area contributed by atoms with Gasteiger partial charge in [-0.25, -0.2) is 0 Å². The number of hydrogen-bond donors (Lipinski definition) is 1. The zero-order valence-corrected chi connectivity index (χ0v) is 12.2. The summed E-state index contributed by atoms with van der Waals surface area (Å²) < 4.78 is 0.993. The number of piperidine rings is 1. The molecule has 1 N–H and O–H groups in total. The highest BCUT2D eigenvalue weighted by atomic mass is 79.9. The minimum Gasteiger partial charge on any atom is -0.352 e. The molecule has 0 aliphatic carbocycles. The molecule has 0 saturated carbocycles. The van der Waals surface area contributed by atoms with Gasteiger partial charge in [0.25, 0.3) is 5.91 Å². The van der Waals surface area contributed by atoms with Gasteiger partial charge in [-0.05, 0) is 56.6 Å². The van der Waals surface area contributed by atoms with Crippen LogP contribution in [0.15, 0.2) is 28.7 Å². The predicted octanol–water partition coefficient (Wildman–Crippen LogP) is 2.52. The Kier molecular flexibility index (Phi) is 4.78. The fourth-order valence-corrected chi connectivity index (χ4v) is 2.64. The van der Waals surface area contributed by atoms with E-state index in [2.05, 4.69) is 33.2 Å². The molecule has 18 heavy (non-hydrogen) atoms. The second-order valence-electron chi connectivity index (χ2n) is 4.99. The van der Waals surface area contributed by atoms with Crippen LogP contribution >= 0.6 is 15.9 Å². The highest BCUT2D eigenvalue weighted by Gasteiger charge is 2.17. The molecule has 0 spiro atoms. The number of likely N-dealkylation sites (tertiary alicyclic amines) is 1. The van der Waals surface area contributed by atoms with Crippen molar-refractivity contribution < 1.29 is 4.79 Å². The maximum Gasteiger partial charge on any atom is 0.251 e. The first-order valence-corrected chi connectivity index (χ1v) is 7.17. The van der Waals surface area contributed by atoms with Gasteiger partial charge in [-0.1, -0.05) is 15.9 Å². The van der Waals surface area contributed by atoms with Crippen molar-refractivity contribution in [3.05, 3.63) is 34.3 Å². The summed E-state index contributed by atoms with van der Waals surface area (Å²) in [5, 5.41) is 3.03. The van der Waals surface area contributed by atoms with Crippen LogP contribution in [0.1, 0.15) is 23.2 Å². The van der Waals surface area contributed by atoms with Gasteiger partial charge in [0, 0.05) is 23.1 Å². The van der Waals surface area contributed by atoms with Crippen molar-refractivity contribution in [3.63, 3.8) is 0 Å². The Labute approximate surface area is 117 Å². The van der Waals surface area contributed by atoms with Gasteiger partial charge in [-0.3, -0.25) is 4.79 Å². The van der Waals surface area contributed by atoms with Gasteiger partial charge >= 0.3 is 0 Å². The van der Waals surface area contributed by atoms with Crippen LogP contribution in [-0.4, -0.2) is 37.5 Å². The smallest absolute Gasteiger partial charge is 0.251 e. The van der Waals surface area contributed by atoms with Crippen molar-refractivity contribution in [1.82, 2.24) is 10.2 Å². The first kappa shape index (κ1) is 13.6.